The van der Waals surface area contributed by atoms with Crippen LogP contribution in [0.15, 0.2) is 30.3 Å². The van der Waals surface area contributed by atoms with Crippen LogP contribution in [0.3, 0.4) is 0 Å². The molecule has 2 aromatic carbocycles. The number of benzene rings is 2. The average Bonchev–Trinajstić information content (AvgIpc) is 3.20. The fourth-order valence-electron chi connectivity index (χ4n) is 4.67. The van der Waals surface area contributed by atoms with Gasteiger partial charge in [-0.2, -0.15) is 0 Å². The third-order valence-electron chi connectivity index (χ3n) is 6.64. The molecule has 1 aromatic heterocycles. The molecule has 1 heterocycles. The van der Waals surface area contributed by atoms with Crippen LogP contribution in [0.5, 0.6) is 5.75 Å². The van der Waals surface area contributed by atoms with E-state index in [1.54, 1.807) is 13.0 Å². The number of aromatic nitrogens is 1. The van der Waals surface area contributed by atoms with Gasteiger partial charge in [0.2, 0.25) is 0 Å². The van der Waals surface area contributed by atoms with Gasteiger partial charge >= 0.3 is 5.97 Å². The van der Waals surface area contributed by atoms with Gasteiger partial charge in [-0.25, -0.2) is 13.2 Å². The molecule has 3 aromatic rings. The van der Waals surface area contributed by atoms with Gasteiger partial charge in [0.05, 0.1) is 12.6 Å². The Morgan fingerprint density at radius 2 is 1.84 bits per heavy atom. The summed E-state index contributed by atoms with van der Waals surface area (Å²) in [6, 6.07) is 6.69. The highest BCUT2D eigenvalue weighted by molar-refractivity contribution is 5.85. The van der Waals surface area contributed by atoms with Crippen molar-refractivity contribution in [2.24, 2.45) is 11.8 Å². The fraction of sp³-hybridized carbons (Fsp3) is 0.483. The summed E-state index contributed by atoms with van der Waals surface area (Å²) in [5, 5.41) is 13.1. The van der Waals surface area contributed by atoms with Crippen LogP contribution in [0.1, 0.15) is 62.8 Å². The van der Waals surface area contributed by atoms with Crippen molar-refractivity contribution in [1.29, 1.82) is 0 Å². The molecule has 0 unspecified atom stereocenters. The molecule has 38 heavy (non-hydrogen) atoms. The van der Waals surface area contributed by atoms with Crippen LogP contribution in [0.2, 0.25) is 0 Å². The van der Waals surface area contributed by atoms with Crippen molar-refractivity contribution in [2.45, 2.75) is 52.4 Å². The first-order valence-corrected chi connectivity index (χ1v) is 13.0. The Morgan fingerprint density at radius 3 is 2.53 bits per heavy atom. The molecule has 0 radical (unpaired) electrons. The summed E-state index contributed by atoms with van der Waals surface area (Å²) in [6.45, 7) is 6.03. The summed E-state index contributed by atoms with van der Waals surface area (Å²) in [7, 11) is 0. The summed E-state index contributed by atoms with van der Waals surface area (Å²) < 4.78 is 63.2. The summed E-state index contributed by atoms with van der Waals surface area (Å²) >= 11 is 0. The molecule has 0 aliphatic heterocycles. The normalized spacial score (nSPS) is 13.3. The number of aromatic amines is 1. The van der Waals surface area contributed by atoms with Crippen LogP contribution in [-0.4, -0.2) is 42.4 Å². The van der Waals surface area contributed by atoms with E-state index in [0.717, 1.165) is 11.6 Å². The lowest BCUT2D eigenvalue weighted by Gasteiger charge is -2.22. The van der Waals surface area contributed by atoms with Crippen LogP contribution in [0.4, 0.5) is 17.6 Å². The van der Waals surface area contributed by atoms with Gasteiger partial charge in [0.1, 0.15) is 18.2 Å². The number of halogens is 4. The standard InChI is InChI=1S/C29H36F4N2O3/c1-17(2)15-22-21-16-19(31)6-9-24(21)35-28(22)20(7-5-18(3)29(36)37)26-23(32)8-10-25(27(26)33)38-14-13-34-12-4-11-30/h6,8-10,16-18,20,34-35H,4-5,7,11-15H2,1-3H3,(H,36,37)/t18-,20+/m0/s1. The third-order valence-corrected chi connectivity index (χ3v) is 6.64. The first-order chi connectivity index (χ1) is 18.1. The van der Waals surface area contributed by atoms with Crippen LogP contribution in [0.25, 0.3) is 10.9 Å². The zero-order valence-corrected chi connectivity index (χ0v) is 22.1. The van der Waals surface area contributed by atoms with Gasteiger partial charge in [0, 0.05) is 34.6 Å². The smallest absolute Gasteiger partial charge is 0.306 e. The molecule has 5 nitrogen and oxygen atoms in total. The van der Waals surface area contributed by atoms with E-state index in [9.17, 15) is 18.7 Å². The van der Waals surface area contributed by atoms with E-state index in [1.165, 1.54) is 18.2 Å². The highest BCUT2D eigenvalue weighted by Gasteiger charge is 2.30. The number of aliphatic carboxylic acids is 1. The van der Waals surface area contributed by atoms with Gasteiger partial charge in [-0.3, -0.25) is 9.18 Å². The van der Waals surface area contributed by atoms with Gasteiger partial charge in [0.15, 0.2) is 11.6 Å². The van der Waals surface area contributed by atoms with Crippen molar-refractivity contribution >= 4 is 16.9 Å². The Labute approximate surface area is 220 Å². The molecule has 0 aliphatic carbocycles. The minimum atomic E-state index is -0.997. The maximum absolute atomic E-state index is 15.9. The number of rotatable bonds is 15. The van der Waals surface area contributed by atoms with Crippen molar-refractivity contribution < 1.29 is 32.2 Å². The second kappa shape index (κ2) is 13.6. The quantitative estimate of drug-likeness (QED) is 0.149. The Kier molecular flexibility index (Phi) is 10.6. The number of alkyl halides is 1. The van der Waals surface area contributed by atoms with Gasteiger partial charge in [-0.1, -0.05) is 20.8 Å². The van der Waals surface area contributed by atoms with E-state index in [2.05, 4.69) is 10.3 Å². The second-order valence-electron chi connectivity index (χ2n) is 10.1. The fourth-order valence-corrected chi connectivity index (χ4v) is 4.67. The lowest BCUT2D eigenvalue weighted by Crippen LogP contribution is -2.23. The molecule has 2 atom stereocenters. The number of carbonyl (C=O) groups is 1. The minimum Gasteiger partial charge on any atom is -0.489 e. The number of hydrogen-bond acceptors (Lipinski definition) is 3. The highest BCUT2D eigenvalue weighted by Crippen LogP contribution is 2.41. The number of hydrogen-bond donors (Lipinski definition) is 3. The highest BCUT2D eigenvalue weighted by atomic mass is 19.1. The lowest BCUT2D eigenvalue weighted by molar-refractivity contribution is -0.141. The number of fused-ring (bicyclic) bond motifs is 1. The first-order valence-electron chi connectivity index (χ1n) is 13.0. The van der Waals surface area contributed by atoms with Gasteiger partial charge < -0.3 is 20.1 Å². The third kappa shape index (κ3) is 7.28. The van der Waals surface area contributed by atoms with Crippen LogP contribution >= 0.6 is 0 Å². The zero-order chi connectivity index (χ0) is 27.8. The molecule has 208 valence electrons. The summed E-state index contributed by atoms with van der Waals surface area (Å²) in [6.07, 6.45) is 1.22. The molecule has 0 bridgehead atoms. The van der Waals surface area contributed by atoms with E-state index in [0.29, 0.717) is 42.5 Å². The predicted molar refractivity (Wildman–Crippen MR) is 140 cm³/mol. The topological polar surface area (TPSA) is 74.3 Å². The Morgan fingerprint density at radius 1 is 1.08 bits per heavy atom. The molecule has 0 fully saturated rings. The van der Waals surface area contributed by atoms with Crippen molar-refractivity contribution in [3.05, 3.63) is 64.6 Å². The number of H-pyrrole nitrogens is 1. The SMILES string of the molecule is CC(C)Cc1c([C@H](CC[C@H](C)C(=O)O)c2c(F)ccc(OCCNCCCF)c2F)[nH]c2ccc(F)cc12. The second-order valence-corrected chi connectivity index (χ2v) is 10.1. The number of carboxylic acids is 1. The van der Waals surface area contributed by atoms with Crippen LogP contribution < -0.4 is 10.1 Å². The zero-order valence-electron chi connectivity index (χ0n) is 22.1. The van der Waals surface area contributed by atoms with Crippen molar-refractivity contribution in [3.8, 4) is 5.75 Å². The maximum Gasteiger partial charge on any atom is 0.306 e. The number of carboxylic acid groups (broad SMARTS) is 1. The number of nitrogens with one attached hydrogen (secondary N) is 2. The largest absolute Gasteiger partial charge is 0.489 e. The molecule has 3 N–H and O–H groups in total. The Balaban J connectivity index is 2.06. The molecule has 9 heteroatoms. The first kappa shape index (κ1) is 29.5. The molecular weight excluding hydrogens is 500 g/mol. The van der Waals surface area contributed by atoms with E-state index in [-0.39, 0.29) is 36.7 Å². The molecule has 0 spiro atoms. The van der Waals surface area contributed by atoms with Gasteiger partial charge in [-0.15, -0.1) is 0 Å². The molecule has 3 rings (SSSR count). The molecule has 0 saturated heterocycles. The minimum absolute atomic E-state index is 0.0965. The lowest BCUT2D eigenvalue weighted by atomic mass is 9.84. The van der Waals surface area contributed by atoms with Crippen LogP contribution in [-0.2, 0) is 11.2 Å². The van der Waals surface area contributed by atoms with Crippen molar-refractivity contribution in [2.75, 3.05) is 26.4 Å². The average molecular weight is 537 g/mol. The summed E-state index contributed by atoms with van der Waals surface area (Å²) in [4.78, 5) is 14.8. The Bertz CT molecular complexity index is 1230. The van der Waals surface area contributed by atoms with E-state index in [1.807, 2.05) is 13.8 Å². The van der Waals surface area contributed by atoms with Gasteiger partial charge in [0.25, 0.3) is 0 Å². The molecule has 0 aliphatic rings. The van der Waals surface area contributed by atoms with Crippen molar-refractivity contribution in [3.63, 3.8) is 0 Å². The number of ether oxygens (including phenoxy) is 1. The van der Waals surface area contributed by atoms with E-state index >= 15 is 8.78 Å². The van der Waals surface area contributed by atoms with Crippen molar-refractivity contribution in [1.82, 2.24) is 10.3 Å². The Hall–Kier alpha value is -3.07. The summed E-state index contributed by atoms with van der Waals surface area (Å²) in [5.74, 6) is -4.59. The summed E-state index contributed by atoms with van der Waals surface area (Å²) in [5.41, 5.74) is 1.72. The molecule has 0 amide bonds. The maximum atomic E-state index is 15.9. The van der Waals surface area contributed by atoms with E-state index < -0.39 is 41.9 Å². The van der Waals surface area contributed by atoms with Gasteiger partial charge in [-0.05, 0) is 74.0 Å². The van der Waals surface area contributed by atoms with Crippen LogP contribution in [0, 0.1) is 29.3 Å². The van der Waals surface area contributed by atoms with E-state index in [4.69, 9.17) is 4.74 Å². The molecular formula is C29H36F4N2O3. The predicted octanol–water partition coefficient (Wildman–Crippen LogP) is 6.74. The monoisotopic (exact) mass is 536 g/mol. The molecule has 0 saturated carbocycles.